The molecule has 41 heavy (non-hydrogen) atoms. The summed E-state index contributed by atoms with van der Waals surface area (Å²) in [6.07, 6.45) is 18.9. The lowest BCUT2D eigenvalue weighted by Crippen LogP contribution is -2.41. The molecule has 240 valence electrons. The molecule has 0 saturated heterocycles. The van der Waals surface area contributed by atoms with E-state index in [4.69, 9.17) is 14.6 Å². The summed E-state index contributed by atoms with van der Waals surface area (Å²) in [6, 6.07) is -1.06. The molecule has 0 aromatic rings. The maximum Gasteiger partial charge on any atom is 0.326 e. The van der Waals surface area contributed by atoms with Crippen LogP contribution in [0.5, 0.6) is 0 Å². The molecule has 0 heterocycles. The van der Waals surface area contributed by atoms with Crippen LogP contribution in [0.25, 0.3) is 0 Å². The number of carbonyl (C=O) groups is 4. The maximum atomic E-state index is 12.2. The van der Waals surface area contributed by atoms with Gasteiger partial charge in [-0.2, -0.15) is 0 Å². The van der Waals surface area contributed by atoms with Crippen LogP contribution in [0, 0.1) is 0 Å². The number of nitrogens with one attached hydrogen (secondary N) is 2. The molecular weight excluding hydrogens is 528 g/mol. The van der Waals surface area contributed by atoms with Gasteiger partial charge in [0, 0.05) is 32.4 Å². The van der Waals surface area contributed by atoms with Crippen molar-refractivity contribution in [2.24, 2.45) is 0 Å². The number of hydrogen-bond acceptors (Lipinski definition) is 6. The molecule has 0 bridgehead atoms. The summed E-state index contributed by atoms with van der Waals surface area (Å²) in [5.41, 5.74) is 0. The van der Waals surface area contributed by atoms with E-state index in [1.165, 1.54) is 57.8 Å². The Morgan fingerprint density at radius 2 is 1.05 bits per heavy atom. The molecule has 0 aliphatic rings. The molecule has 2 amide bonds. The topological polar surface area (TPSA) is 151 Å². The van der Waals surface area contributed by atoms with Crippen molar-refractivity contribution in [2.75, 3.05) is 33.0 Å². The first-order chi connectivity index (χ1) is 19.9. The smallest absolute Gasteiger partial charge is 0.326 e. The highest BCUT2D eigenvalue weighted by Gasteiger charge is 2.20. The molecule has 10 heteroatoms. The predicted octanol–water partition coefficient (Wildman–Crippen LogP) is 5.61. The number of hydrogen-bond donors (Lipinski definition) is 4. The van der Waals surface area contributed by atoms with Crippen molar-refractivity contribution >= 4 is 23.8 Å². The molecule has 0 radical (unpaired) electrons. The van der Waals surface area contributed by atoms with Gasteiger partial charge in [-0.1, -0.05) is 89.9 Å². The zero-order valence-electron chi connectivity index (χ0n) is 25.6. The predicted molar refractivity (Wildman–Crippen MR) is 160 cm³/mol. The van der Waals surface area contributed by atoms with Gasteiger partial charge in [-0.15, -0.1) is 0 Å². The first-order valence-corrected chi connectivity index (χ1v) is 16.0. The zero-order valence-corrected chi connectivity index (χ0v) is 25.6. The Morgan fingerprint density at radius 1 is 0.585 bits per heavy atom. The first-order valence-electron chi connectivity index (χ1n) is 16.0. The molecule has 0 saturated carbocycles. The van der Waals surface area contributed by atoms with E-state index in [9.17, 15) is 24.3 Å². The van der Waals surface area contributed by atoms with E-state index in [0.717, 1.165) is 44.9 Å². The maximum absolute atomic E-state index is 12.2. The van der Waals surface area contributed by atoms with Gasteiger partial charge in [0.05, 0.1) is 19.8 Å². The number of aliphatic carboxylic acids is 2. The van der Waals surface area contributed by atoms with Crippen LogP contribution in [0.2, 0.25) is 0 Å². The van der Waals surface area contributed by atoms with Gasteiger partial charge in [-0.05, 0) is 26.2 Å². The lowest BCUT2D eigenvalue weighted by atomic mass is 10.0. The van der Waals surface area contributed by atoms with Crippen LogP contribution >= 0.6 is 0 Å². The first kappa shape index (κ1) is 38.8. The minimum absolute atomic E-state index is 0.0216. The quantitative estimate of drug-likeness (QED) is 0.0765. The Labute approximate surface area is 247 Å². The van der Waals surface area contributed by atoms with E-state index in [1.807, 2.05) is 6.92 Å². The number of unbranched alkanes of at least 4 members (excludes halogenated alkanes) is 15. The van der Waals surface area contributed by atoms with Crippen molar-refractivity contribution in [3.8, 4) is 0 Å². The van der Waals surface area contributed by atoms with Gasteiger partial charge in [0.15, 0.2) is 0 Å². The number of ether oxygens (including phenoxy) is 2. The third-order valence-corrected chi connectivity index (χ3v) is 6.98. The Morgan fingerprint density at radius 3 is 1.51 bits per heavy atom. The van der Waals surface area contributed by atoms with Crippen LogP contribution in [0.15, 0.2) is 0 Å². The molecule has 0 fully saturated rings. The van der Waals surface area contributed by atoms with Crippen molar-refractivity contribution in [3.05, 3.63) is 0 Å². The minimum atomic E-state index is -1.13. The Bertz CT molecular complexity index is 675. The summed E-state index contributed by atoms with van der Waals surface area (Å²) in [4.78, 5) is 46.1. The molecule has 1 atom stereocenters. The van der Waals surface area contributed by atoms with Gasteiger partial charge in [0.1, 0.15) is 6.04 Å². The van der Waals surface area contributed by atoms with Gasteiger partial charge in [-0.3, -0.25) is 14.4 Å². The average molecular weight is 587 g/mol. The third kappa shape index (κ3) is 29.1. The van der Waals surface area contributed by atoms with Gasteiger partial charge >= 0.3 is 11.9 Å². The fourth-order valence-electron chi connectivity index (χ4n) is 4.55. The Balaban J connectivity index is 3.59. The van der Waals surface area contributed by atoms with E-state index < -0.39 is 18.0 Å². The highest BCUT2D eigenvalue weighted by atomic mass is 16.5. The van der Waals surface area contributed by atoms with Gasteiger partial charge in [0.25, 0.3) is 0 Å². The lowest BCUT2D eigenvalue weighted by molar-refractivity contribution is -0.142. The third-order valence-electron chi connectivity index (χ3n) is 6.98. The molecule has 0 rings (SSSR count). The Hall–Kier alpha value is -2.20. The monoisotopic (exact) mass is 586 g/mol. The number of amides is 2. The number of carboxylic acid groups (broad SMARTS) is 2. The van der Waals surface area contributed by atoms with Crippen LogP contribution in [-0.4, -0.2) is 73.0 Å². The molecule has 0 aliphatic carbocycles. The van der Waals surface area contributed by atoms with Crippen molar-refractivity contribution in [3.63, 3.8) is 0 Å². The zero-order chi connectivity index (χ0) is 30.4. The van der Waals surface area contributed by atoms with Crippen LogP contribution < -0.4 is 10.6 Å². The fraction of sp³-hybridized carbons (Fsp3) is 0.871. The van der Waals surface area contributed by atoms with Crippen molar-refractivity contribution in [1.29, 1.82) is 0 Å². The van der Waals surface area contributed by atoms with Gasteiger partial charge in [-0.25, -0.2) is 4.79 Å². The Kier molecular flexibility index (Phi) is 27.7. The van der Waals surface area contributed by atoms with Crippen molar-refractivity contribution in [2.45, 2.75) is 141 Å². The molecule has 10 nitrogen and oxygen atoms in total. The van der Waals surface area contributed by atoms with Crippen molar-refractivity contribution in [1.82, 2.24) is 10.6 Å². The highest BCUT2D eigenvalue weighted by Crippen LogP contribution is 2.14. The molecule has 0 aromatic carbocycles. The molecule has 0 spiro atoms. The second-order valence-corrected chi connectivity index (χ2v) is 10.7. The molecule has 0 unspecified atom stereocenters. The van der Waals surface area contributed by atoms with Gasteiger partial charge in [0.2, 0.25) is 11.8 Å². The van der Waals surface area contributed by atoms with Crippen LogP contribution in [0.3, 0.4) is 0 Å². The standard InChI is InChI=1S/C31H58N2O8/c1-2-40-25-26-41-24-23-32-28(34)22-21-27(31(38)39)33-29(35)19-17-15-13-11-9-7-5-3-4-6-8-10-12-14-16-18-20-30(36)37/h27H,2-26H2,1H3,(H,32,34)(H,33,35)(H,36,37)(H,38,39)/t27-/m0/s1. The molecule has 0 aliphatic heterocycles. The summed E-state index contributed by atoms with van der Waals surface area (Å²) in [5, 5.41) is 23.2. The number of rotatable bonds is 31. The van der Waals surface area contributed by atoms with Gasteiger partial charge < -0.3 is 30.3 Å². The highest BCUT2D eigenvalue weighted by molar-refractivity contribution is 5.84. The van der Waals surface area contributed by atoms with Crippen molar-refractivity contribution < 1.29 is 38.9 Å². The molecule has 0 aromatic heterocycles. The normalized spacial score (nSPS) is 11.7. The van der Waals surface area contributed by atoms with E-state index in [2.05, 4.69) is 10.6 Å². The lowest BCUT2D eigenvalue weighted by Gasteiger charge is -2.14. The second kappa shape index (κ2) is 29.3. The minimum Gasteiger partial charge on any atom is -0.481 e. The summed E-state index contributed by atoms with van der Waals surface area (Å²) < 4.78 is 10.5. The van der Waals surface area contributed by atoms with E-state index in [-0.39, 0.29) is 24.7 Å². The van der Waals surface area contributed by atoms with Crippen LogP contribution in [0.4, 0.5) is 0 Å². The summed E-state index contributed by atoms with van der Waals surface area (Å²) in [7, 11) is 0. The molecule has 4 N–H and O–H groups in total. The SMILES string of the molecule is CCOCCOCCNC(=O)CC[C@H](NC(=O)CCCCCCCCCCCCCCCCCCC(=O)O)C(=O)O. The number of carboxylic acids is 2. The molecular formula is C31H58N2O8. The fourth-order valence-corrected chi connectivity index (χ4v) is 4.55. The summed E-state index contributed by atoms with van der Waals surface area (Å²) in [5.74, 6) is -2.37. The second-order valence-electron chi connectivity index (χ2n) is 10.7. The van der Waals surface area contributed by atoms with Crippen LogP contribution in [0.1, 0.15) is 135 Å². The van der Waals surface area contributed by atoms with E-state index >= 15 is 0 Å². The van der Waals surface area contributed by atoms with Crippen LogP contribution in [-0.2, 0) is 28.7 Å². The summed E-state index contributed by atoms with van der Waals surface area (Å²) in [6.45, 7) is 4.21. The van der Waals surface area contributed by atoms with E-state index in [1.54, 1.807) is 0 Å². The summed E-state index contributed by atoms with van der Waals surface area (Å²) >= 11 is 0. The largest absolute Gasteiger partial charge is 0.481 e. The number of carbonyl (C=O) groups excluding carboxylic acids is 2. The average Bonchev–Trinajstić information content (AvgIpc) is 2.93. The van der Waals surface area contributed by atoms with E-state index in [0.29, 0.717) is 45.8 Å².